The molecule has 0 amide bonds. The highest BCUT2D eigenvalue weighted by Gasteiger charge is 2.20. The minimum Gasteiger partial charge on any atom is -0.283 e. The number of nitriles is 2. The third-order valence-corrected chi connectivity index (χ3v) is 2.87. The van der Waals surface area contributed by atoms with Crippen molar-refractivity contribution in [3.05, 3.63) is 50.5 Å². The minimum absolute atomic E-state index is 0.0343. The number of aromatic nitrogens is 2. The van der Waals surface area contributed by atoms with Gasteiger partial charge in [0.15, 0.2) is 11.4 Å². The van der Waals surface area contributed by atoms with E-state index in [0.29, 0.717) is 4.47 Å². The number of nitro groups is 1. The molecule has 1 aromatic heterocycles. The standard InChI is InChI=1S/C11H4BrN5O2/c12-7-1-2-9(10(3-7)17(18)19)16-6-15-8(4-13)11(16)5-14/h1-3,6H. The number of nitrogens with zero attached hydrogens (tertiary/aromatic N) is 5. The molecule has 0 unspecified atom stereocenters. The molecule has 0 saturated carbocycles. The van der Waals surface area contributed by atoms with Crippen molar-refractivity contribution in [2.45, 2.75) is 0 Å². The van der Waals surface area contributed by atoms with Crippen LogP contribution in [-0.4, -0.2) is 14.5 Å². The summed E-state index contributed by atoms with van der Waals surface area (Å²) in [5.41, 5.74) is -0.112. The second-order valence-electron chi connectivity index (χ2n) is 3.43. The maximum Gasteiger partial charge on any atom is 0.294 e. The number of nitro benzene ring substituents is 1. The van der Waals surface area contributed by atoms with Gasteiger partial charge in [0.25, 0.3) is 5.69 Å². The maximum absolute atomic E-state index is 11.0. The first-order chi connectivity index (χ1) is 9.08. The molecular formula is C11H4BrN5O2. The maximum atomic E-state index is 11.0. The third-order valence-electron chi connectivity index (χ3n) is 2.37. The van der Waals surface area contributed by atoms with Crippen molar-refractivity contribution in [1.29, 1.82) is 10.5 Å². The number of hydrogen-bond donors (Lipinski definition) is 0. The van der Waals surface area contributed by atoms with Crippen molar-refractivity contribution in [3.8, 4) is 17.8 Å². The molecule has 2 aromatic rings. The predicted molar refractivity (Wildman–Crippen MR) is 67.3 cm³/mol. The Morgan fingerprint density at radius 2 is 2.11 bits per heavy atom. The Kier molecular flexibility index (Phi) is 3.27. The smallest absolute Gasteiger partial charge is 0.283 e. The zero-order chi connectivity index (χ0) is 14.0. The molecule has 1 heterocycles. The lowest BCUT2D eigenvalue weighted by molar-refractivity contribution is -0.384. The first-order valence-corrected chi connectivity index (χ1v) is 5.69. The molecule has 0 atom stereocenters. The number of benzene rings is 1. The van der Waals surface area contributed by atoms with Gasteiger partial charge in [0, 0.05) is 10.5 Å². The lowest BCUT2D eigenvalue weighted by Gasteiger charge is -2.05. The number of hydrogen-bond acceptors (Lipinski definition) is 5. The fraction of sp³-hybridized carbons (Fsp3) is 0. The summed E-state index contributed by atoms with van der Waals surface area (Å²) in [6.45, 7) is 0. The van der Waals surface area contributed by atoms with Crippen molar-refractivity contribution in [2.75, 3.05) is 0 Å². The zero-order valence-corrected chi connectivity index (χ0v) is 10.8. The van der Waals surface area contributed by atoms with Crippen LogP contribution in [0.25, 0.3) is 5.69 Å². The van der Waals surface area contributed by atoms with E-state index in [0.717, 1.165) is 0 Å². The van der Waals surface area contributed by atoms with E-state index in [-0.39, 0.29) is 22.8 Å². The Hall–Kier alpha value is -2.71. The summed E-state index contributed by atoms with van der Waals surface area (Å²) in [5.74, 6) is 0. The molecule has 0 spiro atoms. The largest absolute Gasteiger partial charge is 0.294 e. The van der Waals surface area contributed by atoms with Crippen LogP contribution in [0.3, 0.4) is 0 Å². The summed E-state index contributed by atoms with van der Waals surface area (Å²) in [6, 6.07) is 7.99. The van der Waals surface area contributed by atoms with Gasteiger partial charge < -0.3 is 0 Å². The van der Waals surface area contributed by atoms with E-state index in [1.54, 1.807) is 12.1 Å². The molecule has 92 valence electrons. The Morgan fingerprint density at radius 1 is 1.37 bits per heavy atom. The van der Waals surface area contributed by atoms with Crippen LogP contribution >= 0.6 is 15.9 Å². The van der Waals surface area contributed by atoms with Gasteiger partial charge in [0.05, 0.1) is 4.92 Å². The average Bonchev–Trinajstić information content (AvgIpc) is 2.81. The highest BCUT2D eigenvalue weighted by Crippen LogP contribution is 2.28. The van der Waals surface area contributed by atoms with E-state index in [1.807, 2.05) is 6.07 Å². The highest BCUT2D eigenvalue weighted by atomic mass is 79.9. The van der Waals surface area contributed by atoms with Gasteiger partial charge in [-0.25, -0.2) is 4.98 Å². The first kappa shape index (κ1) is 12.7. The first-order valence-electron chi connectivity index (χ1n) is 4.90. The van der Waals surface area contributed by atoms with Crippen LogP contribution < -0.4 is 0 Å². The summed E-state index contributed by atoms with van der Waals surface area (Å²) >= 11 is 3.14. The van der Waals surface area contributed by atoms with Gasteiger partial charge in [-0.15, -0.1) is 0 Å². The van der Waals surface area contributed by atoms with Crippen LogP contribution in [0.15, 0.2) is 29.0 Å². The molecule has 2 rings (SSSR count). The lowest BCUT2D eigenvalue weighted by Crippen LogP contribution is -2.01. The zero-order valence-electron chi connectivity index (χ0n) is 9.24. The van der Waals surface area contributed by atoms with E-state index < -0.39 is 4.92 Å². The van der Waals surface area contributed by atoms with Gasteiger partial charge in [-0.2, -0.15) is 10.5 Å². The normalized spacial score (nSPS) is 9.63. The summed E-state index contributed by atoms with van der Waals surface area (Å²) in [4.78, 5) is 14.2. The van der Waals surface area contributed by atoms with E-state index in [2.05, 4.69) is 20.9 Å². The van der Waals surface area contributed by atoms with Crippen LogP contribution in [0.4, 0.5) is 5.69 Å². The van der Waals surface area contributed by atoms with Crippen LogP contribution in [0.2, 0.25) is 0 Å². The monoisotopic (exact) mass is 317 g/mol. The topological polar surface area (TPSA) is 109 Å². The van der Waals surface area contributed by atoms with E-state index in [4.69, 9.17) is 10.5 Å². The van der Waals surface area contributed by atoms with Crippen molar-refractivity contribution >= 4 is 21.6 Å². The molecule has 0 aliphatic rings. The highest BCUT2D eigenvalue weighted by molar-refractivity contribution is 9.10. The molecular weight excluding hydrogens is 314 g/mol. The molecule has 0 radical (unpaired) electrons. The number of imidazole rings is 1. The fourth-order valence-corrected chi connectivity index (χ4v) is 1.92. The molecule has 1 aromatic carbocycles. The molecule has 0 aliphatic heterocycles. The SMILES string of the molecule is N#Cc1ncn(-c2ccc(Br)cc2[N+](=O)[O-])c1C#N. The summed E-state index contributed by atoms with van der Waals surface area (Å²) in [7, 11) is 0. The molecule has 0 N–H and O–H groups in total. The average molecular weight is 318 g/mol. The Bertz CT molecular complexity index is 753. The molecule has 0 saturated heterocycles. The lowest BCUT2D eigenvalue weighted by atomic mass is 10.2. The van der Waals surface area contributed by atoms with Crippen molar-refractivity contribution < 1.29 is 4.92 Å². The van der Waals surface area contributed by atoms with Gasteiger partial charge in [-0.3, -0.25) is 14.7 Å². The van der Waals surface area contributed by atoms with Crippen LogP contribution in [0.1, 0.15) is 11.4 Å². The van der Waals surface area contributed by atoms with Gasteiger partial charge in [-0.05, 0) is 12.1 Å². The van der Waals surface area contributed by atoms with Gasteiger partial charge >= 0.3 is 0 Å². The fourth-order valence-electron chi connectivity index (χ4n) is 1.57. The second-order valence-corrected chi connectivity index (χ2v) is 4.34. The van der Waals surface area contributed by atoms with E-state index >= 15 is 0 Å². The third kappa shape index (κ3) is 2.17. The van der Waals surface area contributed by atoms with Gasteiger partial charge in [0.1, 0.15) is 24.2 Å². The van der Waals surface area contributed by atoms with Crippen molar-refractivity contribution in [1.82, 2.24) is 9.55 Å². The Balaban J connectivity index is 2.74. The second kappa shape index (κ2) is 4.88. The van der Waals surface area contributed by atoms with Crippen LogP contribution in [0, 0.1) is 32.8 Å². The molecule has 0 fully saturated rings. The van der Waals surface area contributed by atoms with Crippen LogP contribution in [-0.2, 0) is 0 Å². The van der Waals surface area contributed by atoms with Gasteiger partial charge in [0.2, 0.25) is 0 Å². The molecule has 19 heavy (non-hydrogen) atoms. The van der Waals surface area contributed by atoms with E-state index in [1.165, 1.54) is 23.0 Å². The van der Waals surface area contributed by atoms with Crippen molar-refractivity contribution in [2.24, 2.45) is 0 Å². The summed E-state index contributed by atoms with van der Waals surface area (Å²) in [6.07, 6.45) is 1.22. The molecule has 0 aliphatic carbocycles. The minimum atomic E-state index is -0.562. The van der Waals surface area contributed by atoms with Crippen LogP contribution in [0.5, 0.6) is 0 Å². The molecule has 7 nitrogen and oxygen atoms in total. The van der Waals surface area contributed by atoms with Gasteiger partial charge in [-0.1, -0.05) is 15.9 Å². The summed E-state index contributed by atoms with van der Waals surface area (Å²) in [5, 5.41) is 28.9. The predicted octanol–water partition coefficient (Wildman–Crippen LogP) is 2.29. The Labute approximate surface area is 115 Å². The van der Waals surface area contributed by atoms with E-state index in [9.17, 15) is 10.1 Å². The number of rotatable bonds is 2. The Morgan fingerprint density at radius 3 is 2.68 bits per heavy atom. The van der Waals surface area contributed by atoms with Crippen molar-refractivity contribution in [3.63, 3.8) is 0 Å². The number of halogens is 1. The quantitative estimate of drug-likeness (QED) is 0.623. The molecule has 0 bridgehead atoms. The summed E-state index contributed by atoms with van der Waals surface area (Å²) < 4.78 is 1.77. The molecule has 8 heteroatoms.